The smallest absolute Gasteiger partial charge is 0.462 e. The Morgan fingerprint density at radius 1 is 0.270 bits per heavy atom. The lowest BCUT2D eigenvalue weighted by atomic mass is 10.0. The number of esters is 4. The molecule has 3 N–H and O–H groups in total. The molecule has 0 aromatic carbocycles. The third-order valence-corrected chi connectivity index (χ3v) is 20.8. The second kappa shape index (κ2) is 71.3. The Morgan fingerprint density at radius 3 is 0.680 bits per heavy atom. The van der Waals surface area contributed by atoms with Crippen molar-refractivity contribution in [3.8, 4) is 0 Å². The summed E-state index contributed by atoms with van der Waals surface area (Å²) in [7, 11) is -9.92. The van der Waals surface area contributed by atoms with Crippen molar-refractivity contribution in [1.29, 1.82) is 0 Å². The van der Waals surface area contributed by atoms with E-state index in [9.17, 15) is 43.2 Å². The Labute approximate surface area is 613 Å². The van der Waals surface area contributed by atoms with E-state index in [-0.39, 0.29) is 25.7 Å². The minimum atomic E-state index is -4.96. The fourth-order valence-electron chi connectivity index (χ4n) is 12.5. The van der Waals surface area contributed by atoms with E-state index >= 15 is 0 Å². The van der Waals surface area contributed by atoms with Gasteiger partial charge in [0.05, 0.1) is 26.4 Å². The highest BCUT2D eigenvalue weighted by Crippen LogP contribution is 2.45. The van der Waals surface area contributed by atoms with Gasteiger partial charge < -0.3 is 33.8 Å². The number of rotatable bonds is 79. The molecule has 17 nitrogen and oxygen atoms in total. The molecule has 0 aromatic rings. The lowest BCUT2D eigenvalue weighted by molar-refractivity contribution is -0.161. The Kier molecular flexibility index (Phi) is 69.9. The predicted octanol–water partition coefficient (Wildman–Crippen LogP) is 24.1. The van der Waals surface area contributed by atoms with E-state index in [2.05, 4.69) is 48.5 Å². The molecule has 0 aliphatic rings. The molecule has 0 saturated carbocycles. The quantitative estimate of drug-likeness (QED) is 0.0222. The van der Waals surface area contributed by atoms with Crippen LogP contribution in [0.2, 0.25) is 0 Å². The third kappa shape index (κ3) is 74.3. The van der Waals surface area contributed by atoms with E-state index in [0.717, 1.165) is 108 Å². The Balaban J connectivity index is 5.22. The number of hydrogen-bond acceptors (Lipinski definition) is 15. The van der Waals surface area contributed by atoms with Crippen LogP contribution in [0.4, 0.5) is 0 Å². The van der Waals surface area contributed by atoms with Crippen molar-refractivity contribution in [3.05, 3.63) is 0 Å². The summed E-state index contributed by atoms with van der Waals surface area (Å²) >= 11 is 0. The van der Waals surface area contributed by atoms with Crippen LogP contribution in [-0.4, -0.2) is 96.7 Å². The topological polar surface area (TPSA) is 237 Å². The van der Waals surface area contributed by atoms with Gasteiger partial charge in [0.1, 0.15) is 19.3 Å². The first-order chi connectivity index (χ1) is 48.2. The zero-order chi connectivity index (χ0) is 73.7. The molecule has 0 amide bonds. The van der Waals surface area contributed by atoms with Crippen LogP contribution in [0.3, 0.4) is 0 Å². The van der Waals surface area contributed by atoms with Crippen LogP contribution in [0.25, 0.3) is 0 Å². The number of aliphatic hydroxyl groups is 1. The van der Waals surface area contributed by atoms with Crippen molar-refractivity contribution < 1.29 is 80.2 Å². The first kappa shape index (κ1) is 98.1. The van der Waals surface area contributed by atoms with Crippen LogP contribution >= 0.6 is 15.6 Å². The first-order valence-corrected chi connectivity index (χ1v) is 44.8. The molecule has 0 rings (SSSR count). The van der Waals surface area contributed by atoms with Gasteiger partial charge in [0.25, 0.3) is 0 Å². The van der Waals surface area contributed by atoms with Gasteiger partial charge in [-0.15, -0.1) is 0 Å². The van der Waals surface area contributed by atoms with Gasteiger partial charge in [-0.25, -0.2) is 9.13 Å². The first-order valence-electron chi connectivity index (χ1n) is 41.8. The van der Waals surface area contributed by atoms with Gasteiger partial charge in [-0.2, -0.15) is 0 Å². The van der Waals surface area contributed by atoms with Gasteiger partial charge in [-0.05, 0) is 43.4 Å². The SMILES string of the molecule is CCCCCCCCCCCCCCCCCCCCCC(=O)O[C@H](COC(=O)CCCCCCCCCCCCCCCCCC(C)C)COP(=O)(O)OC[C@@H](O)COP(=O)(O)OC[C@@H](COC(=O)CCCCCCCCC(C)C)OC(=O)CCCCCCCCCCCCCC(C)C. The number of aliphatic hydroxyl groups excluding tert-OH is 1. The lowest BCUT2D eigenvalue weighted by Crippen LogP contribution is -2.30. The fraction of sp³-hybridized carbons (Fsp3) is 0.951. The zero-order valence-corrected chi connectivity index (χ0v) is 67.5. The standard InChI is InChI=1S/C81H158O17P2/c1-8-9-10-11-12-13-14-15-16-17-18-19-22-26-31-36-41-50-57-64-80(85)97-76(68-91-78(83)62-55-48-40-35-30-25-23-20-21-24-28-33-38-45-52-59-72(2)3)70-95-99(87,88)93-66-75(82)67-94-100(89,90)96-71-77(69-92-79(84)63-56-49-44-43-47-54-61-74(6)7)98-81(86)65-58-51-42-37-32-27-29-34-39-46-53-60-73(4)5/h72-77,82H,8-71H2,1-7H3,(H,87,88)(H,89,90)/t75-,76-,77-/m1/s1. The van der Waals surface area contributed by atoms with Crippen molar-refractivity contribution in [1.82, 2.24) is 0 Å². The number of phosphoric acid groups is 2. The van der Waals surface area contributed by atoms with Crippen LogP contribution in [-0.2, 0) is 65.4 Å². The summed E-state index contributed by atoms with van der Waals surface area (Å²) < 4.78 is 68.7. The molecule has 0 bridgehead atoms. The number of carbonyl (C=O) groups excluding carboxylic acids is 4. The Bertz CT molecular complexity index is 1940. The van der Waals surface area contributed by atoms with E-state index < -0.39 is 97.5 Å². The molecule has 0 aliphatic carbocycles. The van der Waals surface area contributed by atoms with Gasteiger partial charge in [0, 0.05) is 25.7 Å². The molecule has 2 unspecified atom stereocenters. The van der Waals surface area contributed by atoms with Gasteiger partial charge >= 0.3 is 39.5 Å². The van der Waals surface area contributed by atoms with E-state index in [1.165, 1.54) is 225 Å². The molecule has 594 valence electrons. The van der Waals surface area contributed by atoms with E-state index in [0.29, 0.717) is 31.6 Å². The molecule has 19 heteroatoms. The van der Waals surface area contributed by atoms with Gasteiger partial charge in [0.2, 0.25) is 0 Å². The number of ether oxygens (including phenoxy) is 4. The Morgan fingerprint density at radius 2 is 0.460 bits per heavy atom. The molecule has 5 atom stereocenters. The van der Waals surface area contributed by atoms with Crippen LogP contribution in [0, 0.1) is 17.8 Å². The molecule has 0 aliphatic heterocycles. The maximum Gasteiger partial charge on any atom is 0.472 e. The lowest BCUT2D eigenvalue weighted by Gasteiger charge is -2.21. The highest BCUT2D eigenvalue weighted by atomic mass is 31.2. The number of unbranched alkanes of at least 4 members (excludes halogenated alkanes) is 47. The largest absolute Gasteiger partial charge is 0.472 e. The predicted molar refractivity (Wildman–Crippen MR) is 409 cm³/mol. The van der Waals surface area contributed by atoms with E-state index in [1.54, 1.807) is 0 Å². The van der Waals surface area contributed by atoms with E-state index in [1.807, 2.05) is 0 Å². The van der Waals surface area contributed by atoms with Crippen molar-refractivity contribution in [2.75, 3.05) is 39.6 Å². The molecule has 0 heterocycles. The number of hydrogen-bond donors (Lipinski definition) is 3. The number of phosphoric ester groups is 2. The maximum absolute atomic E-state index is 13.1. The Hall–Kier alpha value is -1.94. The number of carbonyl (C=O) groups is 4. The van der Waals surface area contributed by atoms with Gasteiger partial charge in [0.15, 0.2) is 12.2 Å². The summed E-state index contributed by atoms with van der Waals surface area (Å²) in [6.45, 7) is 11.9. The molecular weight excluding hydrogens is 1310 g/mol. The second-order valence-electron chi connectivity index (χ2n) is 30.6. The summed E-state index contributed by atoms with van der Waals surface area (Å²) in [4.78, 5) is 73.0. The zero-order valence-electron chi connectivity index (χ0n) is 65.7. The summed E-state index contributed by atoms with van der Waals surface area (Å²) in [5, 5.41) is 10.6. The van der Waals surface area contributed by atoms with Crippen molar-refractivity contribution in [3.63, 3.8) is 0 Å². The molecule has 0 aromatic heterocycles. The van der Waals surface area contributed by atoms with Crippen molar-refractivity contribution in [2.45, 2.75) is 439 Å². The summed E-state index contributed by atoms with van der Waals surface area (Å²) in [5.41, 5.74) is 0. The monoisotopic (exact) mass is 1470 g/mol. The minimum Gasteiger partial charge on any atom is -0.462 e. The third-order valence-electron chi connectivity index (χ3n) is 18.9. The van der Waals surface area contributed by atoms with Crippen LogP contribution in [0.1, 0.15) is 421 Å². The molecule has 100 heavy (non-hydrogen) atoms. The highest BCUT2D eigenvalue weighted by Gasteiger charge is 2.30. The summed E-state index contributed by atoms with van der Waals surface area (Å²) in [6, 6.07) is 0. The molecular formula is C81H158O17P2. The molecule has 0 saturated heterocycles. The highest BCUT2D eigenvalue weighted by molar-refractivity contribution is 7.47. The average Bonchev–Trinajstić information content (AvgIpc) is 0.933. The summed E-state index contributed by atoms with van der Waals surface area (Å²) in [6.07, 6.45) is 59.9. The maximum atomic E-state index is 13.1. The summed E-state index contributed by atoms with van der Waals surface area (Å²) in [5.74, 6) is 0.138. The van der Waals surface area contributed by atoms with Crippen LogP contribution in [0.15, 0.2) is 0 Å². The van der Waals surface area contributed by atoms with Crippen LogP contribution < -0.4 is 0 Å². The van der Waals surface area contributed by atoms with Crippen molar-refractivity contribution >= 4 is 39.5 Å². The normalized spacial score (nSPS) is 14.0. The minimum absolute atomic E-state index is 0.105. The average molecular weight is 1470 g/mol. The van der Waals surface area contributed by atoms with Gasteiger partial charge in [-0.3, -0.25) is 37.3 Å². The van der Waals surface area contributed by atoms with Crippen molar-refractivity contribution in [2.24, 2.45) is 17.8 Å². The molecule has 0 fully saturated rings. The van der Waals surface area contributed by atoms with Crippen LogP contribution in [0.5, 0.6) is 0 Å². The van der Waals surface area contributed by atoms with E-state index in [4.69, 9.17) is 37.0 Å². The fourth-order valence-corrected chi connectivity index (χ4v) is 14.1. The molecule has 0 spiro atoms. The molecule has 0 radical (unpaired) electrons. The second-order valence-corrected chi connectivity index (χ2v) is 33.5. The van der Waals surface area contributed by atoms with Gasteiger partial charge in [-0.1, -0.05) is 370 Å².